The highest BCUT2D eigenvalue weighted by atomic mass is 79.9. The van der Waals surface area contributed by atoms with E-state index in [1.807, 2.05) is 26.0 Å². The molecule has 1 aliphatic rings. The lowest BCUT2D eigenvalue weighted by atomic mass is 9.99. The van der Waals surface area contributed by atoms with Gasteiger partial charge >= 0.3 is 0 Å². The number of fused-ring (bicyclic) bond motifs is 1. The van der Waals surface area contributed by atoms with E-state index in [0.717, 1.165) is 20.6 Å². The SMILES string of the molecule is CC(C)c1cc(/C=C2\Sc3ncccc3C2=O)c(Br)cc1O. The minimum Gasteiger partial charge on any atom is -0.508 e. The predicted molar refractivity (Wildman–Crippen MR) is 92.3 cm³/mol. The van der Waals surface area contributed by atoms with Crippen LogP contribution >= 0.6 is 27.7 Å². The zero-order chi connectivity index (χ0) is 15.9. The van der Waals surface area contributed by atoms with Gasteiger partial charge in [-0.15, -0.1) is 0 Å². The summed E-state index contributed by atoms with van der Waals surface area (Å²) in [5.41, 5.74) is 2.39. The third-order valence-corrected chi connectivity index (χ3v) is 5.23. The Labute approximate surface area is 141 Å². The van der Waals surface area contributed by atoms with Gasteiger partial charge in [0.2, 0.25) is 5.78 Å². The number of Topliss-reactive ketones (excluding diaryl/α,β-unsaturated/α-hetero) is 1. The first-order chi connectivity index (χ1) is 10.5. The minimum absolute atomic E-state index is 0.000767. The van der Waals surface area contributed by atoms with Crippen LogP contribution in [-0.4, -0.2) is 15.9 Å². The molecule has 2 heterocycles. The Morgan fingerprint density at radius 1 is 1.36 bits per heavy atom. The number of halogens is 1. The second kappa shape index (κ2) is 5.89. The molecule has 22 heavy (non-hydrogen) atoms. The van der Waals surface area contributed by atoms with Gasteiger partial charge in [-0.1, -0.05) is 41.5 Å². The molecular formula is C17H14BrNO2S. The molecule has 0 radical (unpaired) electrons. The fourth-order valence-electron chi connectivity index (χ4n) is 2.33. The summed E-state index contributed by atoms with van der Waals surface area (Å²) in [5.74, 6) is 0.467. The van der Waals surface area contributed by atoms with Gasteiger partial charge in [0.15, 0.2) is 0 Å². The van der Waals surface area contributed by atoms with Crippen LogP contribution in [0.2, 0.25) is 0 Å². The summed E-state index contributed by atoms with van der Waals surface area (Å²) >= 11 is 4.84. The van der Waals surface area contributed by atoms with Crippen LogP contribution in [0.4, 0.5) is 0 Å². The first-order valence-corrected chi connectivity index (χ1v) is 8.50. The van der Waals surface area contributed by atoms with E-state index in [2.05, 4.69) is 20.9 Å². The van der Waals surface area contributed by atoms with E-state index in [-0.39, 0.29) is 17.5 Å². The van der Waals surface area contributed by atoms with Crippen LogP contribution in [0.1, 0.15) is 41.3 Å². The van der Waals surface area contributed by atoms with Crippen molar-refractivity contribution in [2.45, 2.75) is 24.8 Å². The number of benzene rings is 1. The summed E-state index contributed by atoms with van der Waals surface area (Å²) in [5, 5.41) is 10.8. The molecule has 1 aromatic heterocycles. The summed E-state index contributed by atoms with van der Waals surface area (Å²) in [6.45, 7) is 4.05. The maximum Gasteiger partial charge on any atom is 0.202 e. The van der Waals surface area contributed by atoms with Crippen LogP contribution in [-0.2, 0) is 0 Å². The average molecular weight is 376 g/mol. The predicted octanol–water partition coefficient (Wildman–Crippen LogP) is 5.00. The molecule has 1 aromatic carbocycles. The molecule has 5 heteroatoms. The normalized spacial score (nSPS) is 15.6. The highest BCUT2D eigenvalue weighted by molar-refractivity contribution is 9.10. The van der Waals surface area contributed by atoms with E-state index < -0.39 is 0 Å². The fourth-order valence-corrected chi connectivity index (χ4v) is 3.76. The van der Waals surface area contributed by atoms with Gasteiger partial charge in [-0.05, 0) is 47.4 Å². The highest BCUT2D eigenvalue weighted by Crippen LogP contribution is 2.41. The van der Waals surface area contributed by atoms with Crippen LogP contribution in [0.3, 0.4) is 0 Å². The number of carbonyl (C=O) groups is 1. The maximum absolute atomic E-state index is 12.4. The number of rotatable bonds is 2. The topological polar surface area (TPSA) is 50.2 Å². The number of thioether (sulfide) groups is 1. The van der Waals surface area contributed by atoms with Crippen molar-refractivity contribution in [3.8, 4) is 5.75 Å². The first-order valence-electron chi connectivity index (χ1n) is 6.89. The number of nitrogens with zero attached hydrogens (tertiary/aromatic N) is 1. The highest BCUT2D eigenvalue weighted by Gasteiger charge is 2.27. The van der Waals surface area contributed by atoms with Crippen molar-refractivity contribution in [3.63, 3.8) is 0 Å². The number of phenolic OH excluding ortho intramolecular Hbond substituents is 1. The smallest absolute Gasteiger partial charge is 0.202 e. The lowest BCUT2D eigenvalue weighted by Crippen LogP contribution is -1.95. The van der Waals surface area contributed by atoms with Crippen LogP contribution < -0.4 is 0 Å². The Bertz CT molecular complexity index is 799. The summed E-state index contributed by atoms with van der Waals surface area (Å²) in [6, 6.07) is 7.16. The van der Waals surface area contributed by atoms with Gasteiger partial charge in [0, 0.05) is 10.7 Å². The molecule has 0 fully saturated rings. The van der Waals surface area contributed by atoms with Crippen molar-refractivity contribution in [1.82, 2.24) is 4.98 Å². The third-order valence-electron chi connectivity index (χ3n) is 3.50. The van der Waals surface area contributed by atoms with Crippen LogP contribution in [0.5, 0.6) is 5.75 Å². The molecule has 3 rings (SSSR count). The number of pyridine rings is 1. The number of hydrogen-bond donors (Lipinski definition) is 1. The van der Waals surface area contributed by atoms with E-state index >= 15 is 0 Å². The minimum atomic E-state index is -0.000767. The molecule has 0 unspecified atom stereocenters. The summed E-state index contributed by atoms with van der Waals surface area (Å²) < 4.78 is 0.763. The summed E-state index contributed by atoms with van der Waals surface area (Å²) in [6.07, 6.45) is 3.54. The number of allylic oxidation sites excluding steroid dienone is 1. The lowest BCUT2D eigenvalue weighted by molar-refractivity contribution is 0.104. The zero-order valence-electron chi connectivity index (χ0n) is 12.1. The van der Waals surface area contributed by atoms with Crippen molar-refractivity contribution in [2.24, 2.45) is 0 Å². The summed E-state index contributed by atoms with van der Waals surface area (Å²) in [7, 11) is 0. The lowest BCUT2D eigenvalue weighted by Gasteiger charge is -2.11. The quantitative estimate of drug-likeness (QED) is 0.750. The molecular weight excluding hydrogens is 362 g/mol. The van der Waals surface area contributed by atoms with Gasteiger partial charge < -0.3 is 5.11 Å². The number of phenols is 1. The van der Waals surface area contributed by atoms with E-state index in [1.165, 1.54) is 11.8 Å². The zero-order valence-corrected chi connectivity index (χ0v) is 14.5. The van der Waals surface area contributed by atoms with Crippen molar-refractivity contribution in [3.05, 3.63) is 56.5 Å². The molecule has 0 saturated heterocycles. The van der Waals surface area contributed by atoms with Crippen molar-refractivity contribution >= 4 is 39.6 Å². The first kappa shape index (κ1) is 15.3. The van der Waals surface area contributed by atoms with Gasteiger partial charge in [0.05, 0.1) is 10.5 Å². The van der Waals surface area contributed by atoms with Gasteiger partial charge in [0.25, 0.3) is 0 Å². The fraction of sp³-hybridized carbons (Fsp3) is 0.176. The number of ketones is 1. The molecule has 0 atom stereocenters. The second-order valence-electron chi connectivity index (χ2n) is 5.38. The second-order valence-corrected chi connectivity index (χ2v) is 7.27. The molecule has 0 amide bonds. The largest absolute Gasteiger partial charge is 0.508 e. The number of hydrogen-bond acceptors (Lipinski definition) is 4. The van der Waals surface area contributed by atoms with E-state index in [1.54, 1.807) is 24.4 Å². The van der Waals surface area contributed by atoms with Crippen molar-refractivity contribution < 1.29 is 9.90 Å². The molecule has 0 aliphatic carbocycles. The van der Waals surface area contributed by atoms with E-state index in [4.69, 9.17) is 0 Å². The number of aromatic nitrogens is 1. The monoisotopic (exact) mass is 375 g/mol. The summed E-state index contributed by atoms with van der Waals surface area (Å²) in [4.78, 5) is 17.3. The Balaban J connectivity index is 2.04. The maximum atomic E-state index is 12.4. The van der Waals surface area contributed by atoms with Gasteiger partial charge in [-0.3, -0.25) is 4.79 Å². The van der Waals surface area contributed by atoms with E-state index in [0.29, 0.717) is 10.5 Å². The van der Waals surface area contributed by atoms with Gasteiger partial charge in [-0.25, -0.2) is 4.98 Å². The molecule has 1 N–H and O–H groups in total. The van der Waals surface area contributed by atoms with Crippen molar-refractivity contribution in [1.29, 1.82) is 0 Å². The Morgan fingerprint density at radius 2 is 2.14 bits per heavy atom. The van der Waals surface area contributed by atoms with E-state index in [9.17, 15) is 9.90 Å². The molecule has 0 spiro atoms. The van der Waals surface area contributed by atoms with Crippen molar-refractivity contribution in [2.75, 3.05) is 0 Å². The number of carbonyl (C=O) groups excluding carboxylic acids is 1. The van der Waals surface area contributed by atoms with Crippen LogP contribution in [0.25, 0.3) is 6.08 Å². The molecule has 1 aliphatic heterocycles. The molecule has 0 saturated carbocycles. The standard InChI is InChI=1S/C17H14BrNO2S/c1-9(2)12-6-10(13(18)8-14(12)20)7-15-16(21)11-4-3-5-19-17(11)22-15/h3-9,20H,1-2H3/b15-7-. The third kappa shape index (κ3) is 2.71. The van der Waals surface area contributed by atoms with Gasteiger partial charge in [0.1, 0.15) is 10.8 Å². The molecule has 2 aromatic rings. The molecule has 112 valence electrons. The Morgan fingerprint density at radius 3 is 2.82 bits per heavy atom. The number of aromatic hydroxyl groups is 1. The molecule has 3 nitrogen and oxygen atoms in total. The van der Waals surface area contributed by atoms with Crippen LogP contribution in [0.15, 0.2) is 44.9 Å². The Hall–Kier alpha value is -1.59. The molecule has 0 bridgehead atoms. The van der Waals surface area contributed by atoms with Gasteiger partial charge in [-0.2, -0.15) is 0 Å². The Kier molecular flexibility index (Phi) is 4.10. The van der Waals surface area contributed by atoms with Crippen LogP contribution in [0, 0.1) is 0 Å². The average Bonchev–Trinajstić information content (AvgIpc) is 2.78.